The third kappa shape index (κ3) is 10.9. The summed E-state index contributed by atoms with van der Waals surface area (Å²) in [4.78, 5) is 65.6. The number of rotatable bonds is 10. The SMILES string of the molecule is NC(C(=O)N1CC[C@@H](Oc2ccc3c(c2C(=O)O)O[B-](O)(O)CC3)C1)c1c[nH]cn1.NC(C(=O)N1CC[C@@H](Oc2ccc3c(c2C(=O)O)O[B-](O)(O)CC3)C1)c1c[nH]cn1.[Na+].[Na+]. The van der Waals surface area contributed by atoms with E-state index in [0.717, 1.165) is 0 Å². The maximum Gasteiger partial charge on any atom is 1.00 e. The molecule has 2 fully saturated rings. The first-order chi connectivity index (χ1) is 28.5. The number of nitrogens with one attached hydrogen (secondary N) is 2. The van der Waals surface area contributed by atoms with Crippen LogP contribution in [-0.2, 0) is 22.4 Å². The molecular weight excluding hydrogens is 836 g/mol. The fourth-order valence-corrected chi connectivity index (χ4v) is 7.60. The summed E-state index contributed by atoms with van der Waals surface area (Å²) >= 11 is 0. The zero-order chi connectivity index (χ0) is 42.9. The van der Waals surface area contributed by atoms with Crippen LogP contribution in [0.5, 0.6) is 23.0 Å². The smallest absolute Gasteiger partial charge is 0.669 e. The van der Waals surface area contributed by atoms with Gasteiger partial charge in [0.2, 0.25) is 11.8 Å². The molecule has 2 aromatic heterocycles. The molecule has 0 saturated carbocycles. The number of amides is 2. The van der Waals surface area contributed by atoms with E-state index in [1.54, 1.807) is 34.3 Å². The Balaban J connectivity index is 0.000000227. The molecule has 0 radical (unpaired) electrons. The molecular formula is C36H44B2N8Na2O14. The minimum Gasteiger partial charge on any atom is -0.669 e. The average Bonchev–Trinajstić information content (AvgIpc) is 4.05. The van der Waals surface area contributed by atoms with Crippen LogP contribution >= 0.6 is 0 Å². The number of fused-ring (bicyclic) bond motifs is 2. The Hall–Kier alpha value is -4.17. The van der Waals surface area contributed by atoms with Crippen molar-refractivity contribution in [2.75, 3.05) is 26.2 Å². The summed E-state index contributed by atoms with van der Waals surface area (Å²) in [5.41, 5.74) is 13.4. The minimum absolute atomic E-state index is 0. The first-order valence-corrected chi connectivity index (χ1v) is 19.3. The van der Waals surface area contributed by atoms with Gasteiger partial charge < -0.3 is 80.3 Å². The van der Waals surface area contributed by atoms with Crippen molar-refractivity contribution >= 4 is 37.3 Å². The van der Waals surface area contributed by atoms with Crippen LogP contribution in [0.2, 0.25) is 12.6 Å². The number of aryl methyl sites for hydroxylation is 2. The van der Waals surface area contributed by atoms with Crippen molar-refractivity contribution in [3.05, 3.63) is 83.0 Å². The number of likely N-dealkylation sites (tertiary alicyclic amines) is 2. The molecule has 320 valence electrons. The topological polar surface area (TPSA) is 342 Å². The minimum atomic E-state index is -3.11. The van der Waals surface area contributed by atoms with Gasteiger partial charge in [0.25, 0.3) is 0 Å². The van der Waals surface area contributed by atoms with Crippen LogP contribution in [0.4, 0.5) is 0 Å². The molecule has 0 bridgehead atoms. The summed E-state index contributed by atoms with van der Waals surface area (Å²) in [5, 5.41) is 58.7. The van der Waals surface area contributed by atoms with E-state index in [9.17, 15) is 49.5 Å². The maximum atomic E-state index is 12.6. The molecule has 0 aliphatic carbocycles. The molecule has 4 aromatic rings. The first-order valence-electron chi connectivity index (χ1n) is 19.3. The Morgan fingerprint density at radius 2 is 1.08 bits per heavy atom. The third-order valence-corrected chi connectivity index (χ3v) is 10.7. The van der Waals surface area contributed by atoms with Crippen molar-refractivity contribution < 1.29 is 127 Å². The molecule has 4 atom stereocenters. The number of carbonyl (C=O) groups is 4. The predicted octanol–water partition coefficient (Wildman–Crippen LogP) is -6.70. The summed E-state index contributed by atoms with van der Waals surface area (Å²) in [6.45, 7) is -4.94. The van der Waals surface area contributed by atoms with E-state index in [1.165, 1.54) is 24.8 Å². The molecule has 8 rings (SSSR count). The number of H-pyrrole nitrogens is 2. The number of nitrogens with two attached hydrogens (primary N) is 2. The van der Waals surface area contributed by atoms with Crippen molar-refractivity contribution in [3.8, 4) is 23.0 Å². The van der Waals surface area contributed by atoms with Crippen LogP contribution in [0.3, 0.4) is 0 Å². The zero-order valence-corrected chi connectivity index (χ0v) is 38.0. The second kappa shape index (κ2) is 20.1. The number of hydrogen-bond donors (Lipinski definition) is 10. The summed E-state index contributed by atoms with van der Waals surface area (Å²) in [5.74, 6) is -3.30. The Kier molecular flexibility index (Phi) is 15.9. The molecule has 12 N–H and O–H groups in total. The van der Waals surface area contributed by atoms with Gasteiger partial charge in [0.1, 0.15) is 46.9 Å². The van der Waals surface area contributed by atoms with Gasteiger partial charge in [0.15, 0.2) is 0 Å². The van der Waals surface area contributed by atoms with Crippen molar-refractivity contribution in [1.29, 1.82) is 0 Å². The Bertz CT molecular complexity index is 2100. The van der Waals surface area contributed by atoms with Crippen LogP contribution < -0.4 is 89.4 Å². The number of nitrogens with zero attached hydrogens (tertiary/aromatic N) is 4. The van der Waals surface area contributed by atoms with Gasteiger partial charge in [-0.3, -0.25) is 9.59 Å². The average molecular weight is 880 g/mol. The Morgan fingerprint density at radius 3 is 1.42 bits per heavy atom. The Labute approximate surface area is 397 Å². The first kappa shape index (κ1) is 48.9. The predicted molar refractivity (Wildman–Crippen MR) is 208 cm³/mol. The van der Waals surface area contributed by atoms with E-state index >= 15 is 0 Å². The number of imidazole rings is 2. The maximum absolute atomic E-state index is 12.6. The van der Waals surface area contributed by atoms with E-state index in [2.05, 4.69) is 19.9 Å². The number of hydrogen-bond acceptors (Lipinski definition) is 16. The molecule has 2 saturated heterocycles. The molecule has 2 amide bonds. The number of ether oxygens (including phenoxy) is 2. The molecule has 4 aliphatic heterocycles. The van der Waals surface area contributed by atoms with Gasteiger partial charge in [-0.05, 0) is 36.1 Å². The summed E-state index contributed by atoms with van der Waals surface area (Å²) in [6, 6.07) is 4.56. The quantitative estimate of drug-likeness (QED) is 0.0662. The fourth-order valence-electron chi connectivity index (χ4n) is 7.60. The number of aromatic carboxylic acids is 2. The summed E-state index contributed by atoms with van der Waals surface area (Å²) in [6.07, 6.45) is 6.62. The number of benzene rings is 2. The van der Waals surface area contributed by atoms with Crippen molar-refractivity contribution in [2.24, 2.45) is 11.5 Å². The standard InChI is InChI=1S/2C18H22BN4O7.2Na/c2*20-15(12-7-21-9-22-12)17(24)23-6-4-11(8-23)29-13-2-1-10-3-5-19(27,28)30-16(10)14(13)18(25)26;;/h2*1-2,7,9,11,15,27-28H,3-6,8,20H2,(H,21,22)(H,25,26);;/q2*-1;2*+1/t2*11-,15?;;/m11../s1. The van der Waals surface area contributed by atoms with Gasteiger partial charge in [-0.2, -0.15) is 0 Å². The largest absolute Gasteiger partial charge is 1.00 e. The van der Waals surface area contributed by atoms with E-state index in [-0.39, 0.29) is 144 Å². The van der Waals surface area contributed by atoms with Gasteiger partial charge >= 0.3 is 84.6 Å². The van der Waals surface area contributed by atoms with Crippen LogP contribution in [0.15, 0.2) is 49.3 Å². The monoisotopic (exact) mass is 880 g/mol. The van der Waals surface area contributed by atoms with Crippen LogP contribution in [0.25, 0.3) is 0 Å². The molecule has 62 heavy (non-hydrogen) atoms. The van der Waals surface area contributed by atoms with Gasteiger partial charge in [0, 0.05) is 38.3 Å². The summed E-state index contributed by atoms with van der Waals surface area (Å²) in [7, 11) is 0. The van der Waals surface area contributed by atoms with Crippen LogP contribution in [0.1, 0.15) is 68.2 Å². The van der Waals surface area contributed by atoms with Gasteiger partial charge in [-0.15, -0.1) is 0 Å². The summed E-state index contributed by atoms with van der Waals surface area (Å²) < 4.78 is 22.1. The van der Waals surface area contributed by atoms with E-state index in [0.29, 0.717) is 48.4 Å². The van der Waals surface area contributed by atoms with E-state index in [1.807, 2.05) is 0 Å². The number of aromatic amines is 2. The molecule has 6 heterocycles. The van der Waals surface area contributed by atoms with Crippen molar-refractivity contribution in [3.63, 3.8) is 0 Å². The van der Waals surface area contributed by atoms with Crippen LogP contribution in [0, 0.1) is 0 Å². The number of carboxylic acids is 2. The molecule has 26 heteroatoms. The fraction of sp³-hybridized carbons (Fsp3) is 0.389. The number of carboxylic acid groups (broad SMARTS) is 2. The van der Waals surface area contributed by atoms with E-state index in [4.69, 9.17) is 30.2 Å². The molecule has 4 aliphatic rings. The molecule has 2 unspecified atom stereocenters. The van der Waals surface area contributed by atoms with Crippen LogP contribution in [-0.4, -0.2) is 136 Å². The zero-order valence-electron chi connectivity index (χ0n) is 34.0. The van der Waals surface area contributed by atoms with Crippen molar-refractivity contribution in [2.45, 2.75) is 62.6 Å². The number of aromatic nitrogens is 4. The van der Waals surface area contributed by atoms with E-state index < -0.39 is 49.7 Å². The van der Waals surface area contributed by atoms with Gasteiger partial charge in [0.05, 0.1) is 48.6 Å². The molecule has 0 spiro atoms. The number of carbonyl (C=O) groups excluding carboxylic acids is 2. The van der Waals surface area contributed by atoms with Crippen molar-refractivity contribution in [1.82, 2.24) is 29.7 Å². The second-order valence-corrected chi connectivity index (χ2v) is 15.1. The Morgan fingerprint density at radius 1 is 0.694 bits per heavy atom. The molecule has 22 nitrogen and oxygen atoms in total. The van der Waals surface area contributed by atoms with Gasteiger partial charge in [-0.25, -0.2) is 19.6 Å². The molecule has 2 aromatic carbocycles. The van der Waals surface area contributed by atoms with Gasteiger partial charge in [-0.1, -0.05) is 24.8 Å². The second-order valence-electron chi connectivity index (χ2n) is 15.1. The normalized spacial score (nSPS) is 20.2. The third-order valence-electron chi connectivity index (χ3n) is 10.7.